The molecule has 0 amide bonds. The van der Waals surface area contributed by atoms with Gasteiger partial charge in [-0.2, -0.15) is 0 Å². The molecule has 2 atom stereocenters. The minimum absolute atomic E-state index is 0.242. The van der Waals surface area contributed by atoms with Gasteiger partial charge in [0.1, 0.15) is 0 Å². The Hall–Kier alpha value is -1.43. The topological polar surface area (TPSA) is 75.8 Å². The van der Waals surface area contributed by atoms with Gasteiger partial charge in [-0.1, -0.05) is 37.3 Å². The summed E-state index contributed by atoms with van der Waals surface area (Å²) in [4.78, 5) is 13.8. The van der Waals surface area contributed by atoms with Crippen LogP contribution in [-0.4, -0.2) is 48.8 Å². The van der Waals surface area contributed by atoms with Crippen LogP contribution in [0.3, 0.4) is 0 Å². The molecule has 21 heavy (non-hydrogen) atoms. The van der Waals surface area contributed by atoms with Crippen molar-refractivity contribution < 1.29 is 14.6 Å². The van der Waals surface area contributed by atoms with Crippen molar-refractivity contribution in [3.63, 3.8) is 0 Å². The molecule has 0 radical (unpaired) electrons. The summed E-state index contributed by atoms with van der Waals surface area (Å²) in [5, 5.41) is 9.63. The molecule has 0 heterocycles. The summed E-state index contributed by atoms with van der Waals surface area (Å²) in [6.45, 7) is 5.61. The second-order valence-corrected chi connectivity index (χ2v) is 5.36. The highest BCUT2D eigenvalue weighted by Gasteiger charge is 2.38. The minimum Gasteiger partial charge on any atom is -0.480 e. The minimum atomic E-state index is -1.42. The Bertz CT molecular complexity index is 438. The van der Waals surface area contributed by atoms with Crippen molar-refractivity contribution in [3.05, 3.63) is 35.9 Å². The molecule has 1 rings (SSSR count). The Morgan fingerprint density at radius 1 is 1.43 bits per heavy atom. The maximum atomic E-state index is 11.8. The monoisotopic (exact) mass is 294 g/mol. The highest BCUT2D eigenvalue weighted by molar-refractivity contribution is 5.80. The SMILES string of the molecule is CCC(C)N(CCOC)CC(N)(C(=O)O)c1ccccc1. The molecule has 0 spiro atoms. The molecule has 118 valence electrons. The highest BCUT2D eigenvalue weighted by atomic mass is 16.5. The number of rotatable bonds is 9. The smallest absolute Gasteiger partial charge is 0.329 e. The first-order valence-corrected chi connectivity index (χ1v) is 7.26. The summed E-state index contributed by atoms with van der Waals surface area (Å²) in [5.41, 5.74) is 5.44. The zero-order valence-electron chi connectivity index (χ0n) is 13.1. The van der Waals surface area contributed by atoms with E-state index in [-0.39, 0.29) is 12.6 Å². The predicted molar refractivity (Wildman–Crippen MR) is 83.1 cm³/mol. The van der Waals surface area contributed by atoms with Crippen LogP contribution in [-0.2, 0) is 15.1 Å². The Labute approximate surface area is 126 Å². The van der Waals surface area contributed by atoms with Crippen molar-refractivity contribution >= 4 is 5.97 Å². The van der Waals surface area contributed by atoms with Crippen molar-refractivity contribution in [2.24, 2.45) is 5.73 Å². The van der Waals surface area contributed by atoms with Crippen LogP contribution in [0.25, 0.3) is 0 Å². The molecule has 5 nitrogen and oxygen atoms in total. The van der Waals surface area contributed by atoms with Gasteiger partial charge in [-0.3, -0.25) is 4.90 Å². The highest BCUT2D eigenvalue weighted by Crippen LogP contribution is 2.21. The number of nitrogens with two attached hydrogens (primary N) is 1. The second-order valence-electron chi connectivity index (χ2n) is 5.36. The van der Waals surface area contributed by atoms with Gasteiger partial charge >= 0.3 is 5.97 Å². The lowest BCUT2D eigenvalue weighted by atomic mass is 9.90. The fourth-order valence-corrected chi connectivity index (χ4v) is 2.26. The van der Waals surface area contributed by atoms with Crippen molar-refractivity contribution in [1.29, 1.82) is 0 Å². The summed E-state index contributed by atoms with van der Waals surface area (Å²) in [5.74, 6) is -1.01. The molecule has 1 aromatic carbocycles. The summed E-state index contributed by atoms with van der Waals surface area (Å²) in [7, 11) is 1.64. The number of hydrogen-bond donors (Lipinski definition) is 2. The van der Waals surface area contributed by atoms with Crippen molar-refractivity contribution in [2.75, 3.05) is 26.8 Å². The van der Waals surface area contributed by atoms with Gasteiger partial charge < -0.3 is 15.6 Å². The quantitative estimate of drug-likeness (QED) is 0.724. The number of carboxylic acid groups (broad SMARTS) is 1. The van der Waals surface area contributed by atoms with E-state index in [0.717, 1.165) is 6.42 Å². The normalized spacial score (nSPS) is 15.7. The van der Waals surface area contributed by atoms with Crippen LogP contribution in [0.4, 0.5) is 0 Å². The zero-order valence-corrected chi connectivity index (χ0v) is 13.1. The van der Waals surface area contributed by atoms with E-state index in [4.69, 9.17) is 10.5 Å². The van der Waals surface area contributed by atoms with Gasteiger partial charge in [0.25, 0.3) is 0 Å². The molecular weight excluding hydrogens is 268 g/mol. The molecule has 0 aromatic heterocycles. The molecule has 5 heteroatoms. The van der Waals surface area contributed by atoms with E-state index in [1.54, 1.807) is 19.2 Å². The van der Waals surface area contributed by atoms with Crippen LogP contribution in [0, 0.1) is 0 Å². The van der Waals surface area contributed by atoms with Crippen molar-refractivity contribution in [1.82, 2.24) is 4.90 Å². The van der Waals surface area contributed by atoms with Gasteiger partial charge in [0.05, 0.1) is 6.61 Å². The molecule has 0 bridgehead atoms. The summed E-state index contributed by atoms with van der Waals surface area (Å²) >= 11 is 0. The number of carboxylic acids is 1. The third-order valence-electron chi connectivity index (χ3n) is 3.92. The van der Waals surface area contributed by atoms with E-state index in [1.165, 1.54) is 0 Å². The average molecular weight is 294 g/mol. The van der Waals surface area contributed by atoms with E-state index < -0.39 is 11.5 Å². The van der Waals surface area contributed by atoms with Gasteiger partial charge in [-0.25, -0.2) is 4.79 Å². The maximum Gasteiger partial charge on any atom is 0.329 e. The Morgan fingerprint density at radius 3 is 2.52 bits per heavy atom. The first kappa shape index (κ1) is 17.6. The van der Waals surface area contributed by atoms with Gasteiger partial charge in [-0.15, -0.1) is 0 Å². The van der Waals surface area contributed by atoms with Gasteiger partial charge in [-0.05, 0) is 18.9 Å². The van der Waals surface area contributed by atoms with E-state index in [2.05, 4.69) is 18.7 Å². The first-order valence-electron chi connectivity index (χ1n) is 7.26. The summed E-state index contributed by atoms with van der Waals surface area (Å²) in [6.07, 6.45) is 0.925. The second kappa shape index (κ2) is 8.12. The molecule has 0 aliphatic carbocycles. The van der Waals surface area contributed by atoms with Crippen LogP contribution in [0.2, 0.25) is 0 Å². The molecule has 0 fully saturated rings. The number of carbonyl (C=O) groups is 1. The lowest BCUT2D eigenvalue weighted by Gasteiger charge is -2.35. The first-order chi connectivity index (χ1) is 9.95. The predicted octanol–water partition coefficient (Wildman–Crippen LogP) is 1.67. The van der Waals surface area contributed by atoms with Gasteiger partial charge in [0.2, 0.25) is 0 Å². The van der Waals surface area contributed by atoms with Crippen molar-refractivity contribution in [2.45, 2.75) is 31.8 Å². The number of benzene rings is 1. The van der Waals surface area contributed by atoms with Crippen molar-refractivity contribution in [3.8, 4) is 0 Å². The molecule has 1 aromatic rings. The van der Waals surface area contributed by atoms with E-state index in [9.17, 15) is 9.90 Å². The number of nitrogens with zero attached hydrogens (tertiary/aromatic N) is 1. The van der Waals surface area contributed by atoms with E-state index in [0.29, 0.717) is 18.7 Å². The number of methoxy groups -OCH3 is 1. The molecular formula is C16H26N2O3. The van der Waals surface area contributed by atoms with Crippen LogP contribution >= 0.6 is 0 Å². The molecule has 0 aliphatic rings. The Kier molecular flexibility index (Phi) is 6.81. The van der Waals surface area contributed by atoms with Crippen LogP contribution in [0.5, 0.6) is 0 Å². The fourth-order valence-electron chi connectivity index (χ4n) is 2.26. The van der Waals surface area contributed by atoms with Gasteiger partial charge in [0, 0.05) is 26.2 Å². The lowest BCUT2D eigenvalue weighted by molar-refractivity contribution is -0.145. The molecule has 0 saturated heterocycles. The van der Waals surface area contributed by atoms with Crippen LogP contribution < -0.4 is 5.73 Å². The number of hydrogen-bond acceptors (Lipinski definition) is 4. The Balaban J connectivity index is 3.01. The standard InChI is InChI=1S/C16H26N2O3/c1-4-13(2)18(10-11-21-3)12-16(17,15(19)20)14-8-6-5-7-9-14/h5-9,13H,4,10-12,17H2,1-3H3,(H,19,20). The molecule has 0 aliphatic heterocycles. The summed E-state index contributed by atoms with van der Waals surface area (Å²) < 4.78 is 5.12. The maximum absolute atomic E-state index is 11.8. The largest absolute Gasteiger partial charge is 0.480 e. The average Bonchev–Trinajstić information content (AvgIpc) is 2.51. The van der Waals surface area contributed by atoms with Gasteiger partial charge in [0.15, 0.2) is 5.54 Å². The lowest BCUT2D eigenvalue weighted by Crippen LogP contribution is -2.55. The third-order valence-corrected chi connectivity index (χ3v) is 3.92. The van der Waals surface area contributed by atoms with Crippen LogP contribution in [0.15, 0.2) is 30.3 Å². The molecule has 3 N–H and O–H groups in total. The third kappa shape index (κ3) is 4.52. The fraction of sp³-hybridized carbons (Fsp3) is 0.562. The Morgan fingerprint density at radius 2 is 2.05 bits per heavy atom. The molecule has 2 unspecified atom stereocenters. The van der Waals surface area contributed by atoms with E-state index >= 15 is 0 Å². The molecule has 0 saturated carbocycles. The number of ether oxygens (including phenoxy) is 1. The van der Waals surface area contributed by atoms with Crippen LogP contribution in [0.1, 0.15) is 25.8 Å². The summed E-state index contributed by atoms with van der Waals surface area (Å²) in [6, 6.07) is 9.23. The zero-order chi connectivity index (χ0) is 15.9. The number of aliphatic carboxylic acids is 1. The van der Waals surface area contributed by atoms with E-state index in [1.807, 2.05) is 18.2 Å².